The van der Waals surface area contributed by atoms with E-state index < -0.39 is 0 Å². The smallest absolute Gasteiger partial charge is 0.227 e. The molecule has 0 amide bonds. The van der Waals surface area contributed by atoms with Crippen LogP contribution in [0, 0.1) is 0 Å². The molecule has 0 aliphatic carbocycles. The minimum atomic E-state index is 0.589. The van der Waals surface area contributed by atoms with Crippen LogP contribution in [0.4, 0.5) is 0 Å². The summed E-state index contributed by atoms with van der Waals surface area (Å²) in [6, 6.07) is 55.2. The summed E-state index contributed by atoms with van der Waals surface area (Å²) in [5.74, 6) is 0.589. The SMILES string of the molecule is c1ccc(-c2ccc3c(c2)c2cc(-c4ccccc4)ccc2n3-c2ccc(-c3nc4c(ccc5oc6ccccc6c54)o3)cc2)cc1. The van der Waals surface area contributed by atoms with Crippen molar-refractivity contribution < 1.29 is 8.83 Å². The Morgan fingerprint density at radius 1 is 0.404 bits per heavy atom. The van der Waals surface area contributed by atoms with Gasteiger partial charge in [-0.2, -0.15) is 0 Å². The summed E-state index contributed by atoms with van der Waals surface area (Å²) in [5.41, 5.74) is 12.4. The van der Waals surface area contributed by atoms with Gasteiger partial charge in [0.2, 0.25) is 5.89 Å². The lowest BCUT2D eigenvalue weighted by Crippen LogP contribution is -1.94. The van der Waals surface area contributed by atoms with E-state index in [4.69, 9.17) is 13.8 Å². The summed E-state index contributed by atoms with van der Waals surface area (Å²) in [6.45, 7) is 0. The molecular weight excluding hydrogens is 576 g/mol. The minimum Gasteiger partial charge on any atom is -0.456 e. The quantitative estimate of drug-likeness (QED) is 0.201. The second-order valence-electron chi connectivity index (χ2n) is 12.0. The van der Waals surface area contributed by atoms with Crippen LogP contribution in [0.2, 0.25) is 0 Å². The molecule has 0 N–H and O–H groups in total. The molecule has 0 radical (unpaired) electrons. The van der Waals surface area contributed by atoms with Crippen molar-refractivity contribution in [3.8, 4) is 39.4 Å². The van der Waals surface area contributed by atoms with Crippen molar-refractivity contribution >= 4 is 54.8 Å². The fraction of sp³-hybridized carbons (Fsp3) is 0. The molecule has 0 aliphatic heterocycles. The molecule has 0 aliphatic rings. The topological polar surface area (TPSA) is 44.1 Å². The summed E-state index contributed by atoms with van der Waals surface area (Å²) in [5, 5.41) is 4.47. The molecule has 0 saturated carbocycles. The Hall–Kier alpha value is -6.39. The van der Waals surface area contributed by atoms with Gasteiger partial charge in [0.05, 0.1) is 16.4 Å². The van der Waals surface area contributed by atoms with Crippen molar-refractivity contribution in [3.63, 3.8) is 0 Å². The van der Waals surface area contributed by atoms with Gasteiger partial charge in [-0.1, -0.05) is 91.0 Å². The minimum absolute atomic E-state index is 0.589. The number of nitrogens with zero attached hydrogens (tertiary/aromatic N) is 2. The van der Waals surface area contributed by atoms with Gasteiger partial charge >= 0.3 is 0 Å². The Kier molecular flexibility index (Phi) is 5.54. The normalized spacial score (nSPS) is 11.8. The van der Waals surface area contributed by atoms with Crippen LogP contribution in [0.1, 0.15) is 0 Å². The first kappa shape index (κ1) is 25.9. The Labute approximate surface area is 269 Å². The number of para-hydroxylation sites is 1. The molecule has 220 valence electrons. The van der Waals surface area contributed by atoms with E-state index in [0.29, 0.717) is 5.89 Å². The standard InChI is InChI=1S/C43H26N2O2/c1-3-9-27(10-4-1)30-17-21-36-34(25-30)35-26-31(28-11-5-2-6-12-28)18-22-37(35)45(36)32-19-15-29(16-20-32)43-44-42-40(47-43)24-23-39-41(42)33-13-7-8-14-38(33)46-39/h1-26H. The van der Waals surface area contributed by atoms with Crippen LogP contribution in [-0.2, 0) is 0 Å². The molecule has 10 rings (SSSR count). The predicted molar refractivity (Wildman–Crippen MR) is 192 cm³/mol. The Balaban J connectivity index is 1.12. The Morgan fingerprint density at radius 2 is 0.979 bits per heavy atom. The number of benzene rings is 7. The number of oxazole rings is 1. The van der Waals surface area contributed by atoms with Crippen molar-refractivity contribution in [3.05, 3.63) is 158 Å². The third-order valence-corrected chi connectivity index (χ3v) is 9.25. The van der Waals surface area contributed by atoms with Gasteiger partial charge in [-0.3, -0.25) is 0 Å². The highest BCUT2D eigenvalue weighted by molar-refractivity contribution is 6.17. The van der Waals surface area contributed by atoms with Crippen LogP contribution in [0.15, 0.2) is 167 Å². The molecule has 4 nitrogen and oxygen atoms in total. The summed E-state index contributed by atoms with van der Waals surface area (Å²) >= 11 is 0. The molecule has 3 aromatic heterocycles. The molecule has 47 heavy (non-hydrogen) atoms. The van der Waals surface area contributed by atoms with E-state index in [-0.39, 0.29) is 0 Å². The van der Waals surface area contributed by atoms with Crippen LogP contribution in [0.3, 0.4) is 0 Å². The highest BCUT2D eigenvalue weighted by atomic mass is 16.4. The first-order valence-corrected chi connectivity index (χ1v) is 15.8. The molecule has 0 bridgehead atoms. The zero-order valence-corrected chi connectivity index (χ0v) is 25.2. The Morgan fingerprint density at radius 3 is 1.64 bits per heavy atom. The number of furan rings is 1. The fourth-order valence-electron chi connectivity index (χ4n) is 7.00. The third-order valence-electron chi connectivity index (χ3n) is 9.25. The number of fused-ring (bicyclic) bond motifs is 8. The zero-order chi connectivity index (χ0) is 30.9. The van der Waals surface area contributed by atoms with E-state index in [1.807, 2.05) is 30.3 Å². The maximum Gasteiger partial charge on any atom is 0.227 e. The van der Waals surface area contributed by atoms with Crippen LogP contribution in [-0.4, -0.2) is 9.55 Å². The molecular formula is C43H26N2O2. The first-order valence-electron chi connectivity index (χ1n) is 15.8. The van der Waals surface area contributed by atoms with Crippen LogP contribution >= 0.6 is 0 Å². The number of hydrogen-bond acceptors (Lipinski definition) is 3. The lowest BCUT2D eigenvalue weighted by atomic mass is 10.0. The van der Waals surface area contributed by atoms with E-state index in [1.54, 1.807) is 0 Å². The van der Waals surface area contributed by atoms with Gasteiger partial charge in [0.25, 0.3) is 0 Å². The average molecular weight is 603 g/mol. The molecule has 0 atom stereocenters. The lowest BCUT2D eigenvalue weighted by Gasteiger charge is -2.09. The van der Waals surface area contributed by atoms with Crippen molar-refractivity contribution in [2.45, 2.75) is 0 Å². The summed E-state index contributed by atoms with van der Waals surface area (Å²) < 4.78 is 14.7. The van der Waals surface area contributed by atoms with Crippen molar-refractivity contribution in [2.75, 3.05) is 0 Å². The van der Waals surface area contributed by atoms with E-state index in [9.17, 15) is 0 Å². The fourth-order valence-corrected chi connectivity index (χ4v) is 7.00. The summed E-state index contributed by atoms with van der Waals surface area (Å²) in [7, 11) is 0. The van der Waals surface area contributed by atoms with Gasteiger partial charge in [0, 0.05) is 27.4 Å². The first-order chi connectivity index (χ1) is 23.3. The molecule has 0 unspecified atom stereocenters. The van der Waals surface area contributed by atoms with Gasteiger partial charge in [-0.15, -0.1) is 0 Å². The van der Waals surface area contributed by atoms with Crippen LogP contribution in [0.5, 0.6) is 0 Å². The molecule has 0 spiro atoms. The third kappa shape index (κ3) is 4.05. The lowest BCUT2D eigenvalue weighted by molar-refractivity contribution is 0.619. The van der Waals surface area contributed by atoms with E-state index >= 15 is 0 Å². The molecule has 7 aromatic carbocycles. The van der Waals surface area contributed by atoms with Crippen molar-refractivity contribution in [2.24, 2.45) is 0 Å². The molecule has 3 heterocycles. The average Bonchev–Trinajstić information content (AvgIpc) is 3.83. The summed E-state index contributed by atoms with van der Waals surface area (Å²) in [4.78, 5) is 4.97. The predicted octanol–water partition coefficient (Wildman–Crippen LogP) is 11.8. The second kappa shape index (κ2) is 10.1. The number of rotatable bonds is 4. The van der Waals surface area contributed by atoms with E-state index in [1.165, 1.54) is 33.0 Å². The highest BCUT2D eigenvalue weighted by Crippen LogP contribution is 2.39. The molecule has 0 saturated heterocycles. The maximum absolute atomic E-state index is 6.30. The molecule has 4 heteroatoms. The monoisotopic (exact) mass is 602 g/mol. The Bertz CT molecular complexity index is 2670. The maximum atomic E-state index is 6.30. The van der Waals surface area contributed by atoms with E-state index in [2.05, 4.69) is 132 Å². The van der Waals surface area contributed by atoms with Crippen molar-refractivity contribution in [1.82, 2.24) is 9.55 Å². The van der Waals surface area contributed by atoms with Gasteiger partial charge in [-0.05, 0) is 89.0 Å². The van der Waals surface area contributed by atoms with Crippen molar-refractivity contribution in [1.29, 1.82) is 0 Å². The molecule has 0 fully saturated rings. The van der Waals surface area contributed by atoms with Gasteiger partial charge in [0.1, 0.15) is 16.7 Å². The van der Waals surface area contributed by atoms with Gasteiger partial charge < -0.3 is 13.4 Å². The number of aromatic nitrogens is 2. The molecule has 10 aromatic rings. The number of hydrogen-bond donors (Lipinski definition) is 0. The van der Waals surface area contributed by atoms with Gasteiger partial charge in [-0.25, -0.2) is 4.98 Å². The summed E-state index contributed by atoms with van der Waals surface area (Å²) in [6.07, 6.45) is 0. The van der Waals surface area contributed by atoms with Gasteiger partial charge in [0.15, 0.2) is 5.58 Å². The highest BCUT2D eigenvalue weighted by Gasteiger charge is 2.18. The largest absolute Gasteiger partial charge is 0.456 e. The van der Waals surface area contributed by atoms with Crippen LogP contribution < -0.4 is 0 Å². The van der Waals surface area contributed by atoms with Crippen LogP contribution in [0.25, 0.3) is 94.2 Å². The zero-order valence-electron chi connectivity index (χ0n) is 25.2. The van der Waals surface area contributed by atoms with E-state index in [0.717, 1.165) is 55.3 Å². The second-order valence-corrected chi connectivity index (χ2v) is 12.0.